The molecule has 0 fully saturated rings. The van der Waals surface area contributed by atoms with E-state index in [4.69, 9.17) is 5.26 Å². The highest BCUT2D eigenvalue weighted by atomic mass is 16.3. The van der Waals surface area contributed by atoms with Gasteiger partial charge in [0, 0.05) is 13.1 Å². The summed E-state index contributed by atoms with van der Waals surface area (Å²) in [5.74, 6) is -0.170. The fraction of sp³-hybridized carbons (Fsp3) is 0.238. The van der Waals surface area contributed by atoms with E-state index in [0.29, 0.717) is 24.2 Å². The van der Waals surface area contributed by atoms with Crippen molar-refractivity contribution in [3.05, 3.63) is 83.9 Å². The molecular formula is C21H22N2O2. The molecule has 2 aromatic carbocycles. The lowest BCUT2D eigenvalue weighted by atomic mass is 9.92. The molecule has 0 aliphatic rings. The first-order chi connectivity index (χ1) is 12.0. The second kappa shape index (κ2) is 8.27. The van der Waals surface area contributed by atoms with E-state index in [-0.39, 0.29) is 12.3 Å². The van der Waals surface area contributed by atoms with Gasteiger partial charge in [-0.1, -0.05) is 48.5 Å². The minimum atomic E-state index is -1.24. The molecule has 0 spiro atoms. The molecule has 4 nitrogen and oxygen atoms in total. The van der Waals surface area contributed by atoms with Gasteiger partial charge < -0.3 is 10.0 Å². The first-order valence-corrected chi connectivity index (χ1v) is 8.12. The van der Waals surface area contributed by atoms with E-state index in [2.05, 4.69) is 12.6 Å². The monoisotopic (exact) mass is 334 g/mol. The molecule has 1 N–H and O–H groups in total. The first-order valence-electron chi connectivity index (χ1n) is 8.12. The average Bonchev–Trinajstić information content (AvgIpc) is 2.62. The lowest BCUT2D eigenvalue weighted by Crippen LogP contribution is -2.36. The highest BCUT2D eigenvalue weighted by Gasteiger charge is 2.28. The van der Waals surface area contributed by atoms with E-state index < -0.39 is 5.60 Å². The molecule has 0 aliphatic heterocycles. The molecule has 0 radical (unpaired) electrons. The Balaban J connectivity index is 2.14. The van der Waals surface area contributed by atoms with E-state index in [1.54, 1.807) is 36.1 Å². The largest absolute Gasteiger partial charge is 0.385 e. The molecule has 0 aromatic heterocycles. The lowest BCUT2D eigenvalue weighted by molar-refractivity contribution is -0.136. The Morgan fingerprint density at radius 1 is 1.28 bits per heavy atom. The Hall–Kier alpha value is -2.90. The summed E-state index contributed by atoms with van der Waals surface area (Å²) in [6, 6.07) is 18.4. The predicted molar refractivity (Wildman–Crippen MR) is 97.4 cm³/mol. The maximum Gasteiger partial charge on any atom is 0.226 e. The van der Waals surface area contributed by atoms with Crippen molar-refractivity contribution in [1.29, 1.82) is 5.26 Å². The van der Waals surface area contributed by atoms with E-state index >= 15 is 0 Å². The Labute approximate surface area is 148 Å². The summed E-state index contributed by atoms with van der Waals surface area (Å²) in [5, 5.41) is 19.7. The molecule has 1 unspecified atom stereocenters. The third-order valence-electron chi connectivity index (χ3n) is 4.02. The van der Waals surface area contributed by atoms with Crippen LogP contribution in [0.15, 0.2) is 67.3 Å². The summed E-state index contributed by atoms with van der Waals surface area (Å²) < 4.78 is 0. The minimum absolute atomic E-state index is 0.0250. The highest BCUT2D eigenvalue weighted by Crippen LogP contribution is 2.25. The molecule has 2 aromatic rings. The second-order valence-electron chi connectivity index (χ2n) is 6.19. The van der Waals surface area contributed by atoms with Gasteiger partial charge in [-0.25, -0.2) is 0 Å². The maximum atomic E-state index is 12.7. The van der Waals surface area contributed by atoms with E-state index in [1.165, 1.54) is 0 Å². The number of nitrogens with zero attached hydrogens (tertiary/aromatic N) is 2. The minimum Gasteiger partial charge on any atom is -0.385 e. The molecule has 1 atom stereocenters. The first kappa shape index (κ1) is 18.4. The second-order valence-corrected chi connectivity index (χ2v) is 6.19. The van der Waals surface area contributed by atoms with Crippen LogP contribution in [0.3, 0.4) is 0 Å². The van der Waals surface area contributed by atoms with Gasteiger partial charge in [0.1, 0.15) is 0 Å². The van der Waals surface area contributed by atoms with Gasteiger partial charge in [-0.05, 0) is 30.2 Å². The zero-order chi connectivity index (χ0) is 18.3. The van der Waals surface area contributed by atoms with Crippen molar-refractivity contribution in [2.45, 2.75) is 25.5 Å². The SMILES string of the molecule is C=CCN(Cc1cccc(C#N)c1)C(=O)CC(C)(O)c1ccccc1. The van der Waals surface area contributed by atoms with Gasteiger partial charge in [-0.3, -0.25) is 4.79 Å². The van der Waals surface area contributed by atoms with Gasteiger partial charge >= 0.3 is 0 Å². The topological polar surface area (TPSA) is 64.3 Å². The normalized spacial score (nSPS) is 12.7. The van der Waals surface area contributed by atoms with Gasteiger partial charge in [0.15, 0.2) is 0 Å². The summed E-state index contributed by atoms with van der Waals surface area (Å²) in [7, 11) is 0. The lowest BCUT2D eigenvalue weighted by Gasteiger charge is -2.28. The van der Waals surface area contributed by atoms with Crippen LogP contribution < -0.4 is 0 Å². The summed E-state index contributed by atoms with van der Waals surface area (Å²) in [6.07, 6.45) is 1.63. The van der Waals surface area contributed by atoms with Crippen LogP contribution in [0.25, 0.3) is 0 Å². The van der Waals surface area contributed by atoms with Crippen LogP contribution >= 0.6 is 0 Å². The Morgan fingerprint density at radius 3 is 2.64 bits per heavy atom. The number of aliphatic hydroxyl groups is 1. The molecule has 0 saturated heterocycles. The van der Waals surface area contributed by atoms with Crippen LogP contribution in [0.2, 0.25) is 0 Å². The molecule has 0 heterocycles. The van der Waals surface area contributed by atoms with Crippen LogP contribution in [0.1, 0.15) is 30.0 Å². The van der Waals surface area contributed by atoms with Crippen molar-refractivity contribution in [1.82, 2.24) is 4.90 Å². The summed E-state index contributed by atoms with van der Waals surface area (Å²) in [5.41, 5.74) is 0.883. The van der Waals surface area contributed by atoms with Gasteiger partial charge in [-0.2, -0.15) is 5.26 Å². The Bertz CT molecular complexity index is 776. The zero-order valence-corrected chi connectivity index (χ0v) is 14.4. The molecule has 128 valence electrons. The van der Waals surface area contributed by atoms with E-state index in [1.807, 2.05) is 36.4 Å². The zero-order valence-electron chi connectivity index (χ0n) is 14.4. The number of rotatable bonds is 7. The van der Waals surface area contributed by atoms with Crippen LogP contribution in [0.5, 0.6) is 0 Å². The summed E-state index contributed by atoms with van der Waals surface area (Å²) in [4.78, 5) is 14.4. The Kier molecular flexibility index (Phi) is 6.10. The third-order valence-corrected chi connectivity index (χ3v) is 4.02. The van der Waals surface area contributed by atoms with E-state index in [9.17, 15) is 9.90 Å². The summed E-state index contributed by atoms with van der Waals surface area (Å²) >= 11 is 0. The molecule has 4 heteroatoms. The van der Waals surface area contributed by atoms with Crippen molar-refractivity contribution < 1.29 is 9.90 Å². The van der Waals surface area contributed by atoms with Crippen molar-refractivity contribution in [3.63, 3.8) is 0 Å². The molecule has 0 aliphatic carbocycles. The highest BCUT2D eigenvalue weighted by molar-refractivity contribution is 5.77. The fourth-order valence-corrected chi connectivity index (χ4v) is 2.68. The molecule has 25 heavy (non-hydrogen) atoms. The van der Waals surface area contributed by atoms with Crippen molar-refractivity contribution in [3.8, 4) is 6.07 Å². The summed E-state index contributed by atoms with van der Waals surface area (Å²) in [6.45, 7) is 6.09. The smallest absolute Gasteiger partial charge is 0.226 e. The number of hydrogen-bond donors (Lipinski definition) is 1. The predicted octanol–water partition coefficient (Wildman–Crippen LogP) is 3.37. The number of benzene rings is 2. The van der Waals surface area contributed by atoms with Gasteiger partial charge in [-0.15, -0.1) is 6.58 Å². The maximum absolute atomic E-state index is 12.7. The number of nitriles is 1. The van der Waals surface area contributed by atoms with Gasteiger partial charge in [0.2, 0.25) is 5.91 Å². The van der Waals surface area contributed by atoms with Gasteiger partial charge in [0.25, 0.3) is 0 Å². The van der Waals surface area contributed by atoms with Crippen LogP contribution in [-0.2, 0) is 16.9 Å². The number of amides is 1. The molecular weight excluding hydrogens is 312 g/mol. The quantitative estimate of drug-likeness (QED) is 0.790. The Morgan fingerprint density at radius 2 is 2.00 bits per heavy atom. The number of carbonyl (C=O) groups is 1. The standard InChI is InChI=1S/C21H22N2O2/c1-3-12-23(16-18-9-7-8-17(13-18)15-22)20(24)14-21(2,25)19-10-5-4-6-11-19/h3-11,13,25H,1,12,14,16H2,2H3. The number of carbonyl (C=O) groups excluding carboxylic acids is 1. The molecule has 2 rings (SSSR count). The van der Waals surface area contributed by atoms with Crippen molar-refractivity contribution >= 4 is 5.91 Å². The van der Waals surface area contributed by atoms with Crippen molar-refractivity contribution in [2.24, 2.45) is 0 Å². The molecule has 0 saturated carbocycles. The van der Waals surface area contributed by atoms with Crippen LogP contribution in [0, 0.1) is 11.3 Å². The third kappa shape index (κ3) is 5.03. The van der Waals surface area contributed by atoms with E-state index in [0.717, 1.165) is 5.56 Å². The van der Waals surface area contributed by atoms with Crippen LogP contribution in [0.4, 0.5) is 0 Å². The molecule has 0 bridgehead atoms. The van der Waals surface area contributed by atoms with Crippen LogP contribution in [-0.4, -0.2) is 22.5 Å². The van der Waals surface area contributed by atoms with Crippen molar-refractivity contribution in [2.75, 3.05) is 6.54 Å². The molecule has 1 amide bonds. The van der Waals surface area contributed by atoms with Gasteiger partial charge in [0.05, 0.1) is 23.7 Å². The average molecular weight is 334 g/mol. The fourth-order valence-electron chi connectivity index (χ4n) is 2.68. The number of hydrogen-bond acceptors (Lipinski definition) is 3.